The van der Waals surface area contributed by atoms with Crippen LogP contribution in [0.2, 0.25) is 0 Å². The van der Waals surface area contributed by atoms with Gasteiger partial charge in [-0.3, -0.25) is 14.7 Å². The average molecular weight is 496 g/mol. The van der Waals surface area contributed by atoms with Crippen molar-refractivity contribution >= 4 is 17.7 Å². The number of nitrogens with zero attached hydrogens (tertiary/aromatic N) is 5. The summed E-state index contributed by atoms with van der Waals surface area (Å²) in [5.41, 5.74) is 0.135. The number of aromatic nitrogens is 2. The summed E-state index contributed by atoms with van der Waals surface area (Å²) in [4.78, 5) is 40.1. The van der Waals surface area contributed by atoms with Crippen LogP contribution < -0.4 is 4.90 Å². The Hall–Kier alpha value is -3.04. The lowest BCUT2D eigenvalue weighted by Gasteiger charge is -2.47. The van der Waals surface area contributed by atoms with Crippen LogP contribution in [0.25, 0.3) is 0 Å². The fraction of sp³-hybridized carbons (Fsp3) is 0.556. The molecule has 0 radical (unpaired) electrons. The summed E-state index contributed by atoms with van der Waals surface area (Å²) in [5.74, 6) is 0.399. The molecule has 194 valence electrons. The number of rotatable bonds is 9. The number of cyclic esters (lactones) is 1. The second kappa shape index (κ2) is 10.1. The summed E-state index contributed by atoms with van der Waals surface area (Å²) in [7, 11) is 0. The quantitative estimate of drug-likeness (QED) is 0.412. The van der Waals surface area contributed by atoms with Gasteiger partial charge in [0.15, 0.2) is 0 Å². The standard InChI is InChI=1S/C27H37N5O4/c1-6-10-30(11-7-2)22-17-28-21(16-29-22)24(34)26(4,5)31-12-8-27(9-13-31)15-19(3)32(25(27)35)20-14-23(33)36-18-20/h6-7,14,16-17,19,24,34H,1-2,8-13,15,18H2,3-5H3. The zero-order valence-corrected chi connectivity index (χ0v) is 21.5. The number of esters is 1. The van der Waals surface area contributed by atoms with Crippen LogP contribution in [0.5, 0.6) is 0 Å². The van der Waals surface area contributed by atoms with Gasteiger partial charge in [-0.2, -0.15) is 0 Å². The Labute approximate surface area is 213 Å². The summed E-state index contributed by atoms with van der Waals surface area (Å²) in [5, 5.41) is 11.3. The molecule has 1 spiro atoms. The minimum absolute atomic E-state index is 0.0268. The Morgan fingerprint density at radius 3 is 2.42 bits per heavy atom. The van der Waals surface area contributed by atoms with Gasteiger partial charge in [-0.25, -0.2) is 9.78 Å². The van der Waals surface area contributed by atoms with Crippen molar-refractivity contribution in [3.05, 3.63) is 55.2 Å². The first-order valence-electron chi connectivity index (χ1n) is 12.6. The van der Waals surface area contributed by atoms with Crippen LogP contribution in [0, 0.1) is 5.41 Å². The van der Waals surface area contributed by atoms with Gasteiger partial charge >= 0.3 is 5.97 Å². The van der Waals surface area contributed by atoms with Gasteiger partial charge in [-0.15, -0.1) is 13.2 Å². The number of ether oxygens (including phenoxy) is 1. The number of amides is 1. The maximum absolute atomic E-state index is 13.5. The predicted molar refractivity (Wildman–Crippen MR) is 137 cm³/mol. The molecule has 3 aliphatic heterocycles. The van der Waals surface area contributed by atoms with Gasteiger partial charge in [0, 0.05) is 30.7 Å². The van der Waals surface area contributed by atoms with Gasteiger partial charge in [-0.1, -0.05) is 12.2 Å². The lowest BCUT2D eigenvalue weighted by Crippen LogP contribution is -2.54. The van der Waals surface area contributed by atoms with E-state index in [4.69, 9.17) is 4.74 Å². The molecule has 4 rings (SSSR count). The molecule has 0 aromatic carbocycles. The molecule has 2 atom stereocenters. The molecule has 1 aromatic rings. The zero-order valence-electron chi connectivity index (χ0n) is 21.5. The lowest BCUT2D eigenvalue weighted by atomic mass is 9.74. The fourth-order valence-electron chi connectivity index (χ4n) is 5.79. The molecule has 1 N–H and O–H groups in total. The molecule has 9 heteroatoms. The molecule has 4 heterocycles. The Balaban J connectivity index is 1.43. The number of aliphatic hydroxyl groups is 1. The zero-order chi connectivity index (χ0) is 26.1. The van der Waals surface area contributed by atoms with Crippen molar-refractivity contribution in [1.82, 2.24) is 19.8 Å². The summed E-state index contributed by atoms with van der Waals surface area (Å²) in [6.45, 7) is 16.4. The van der Waals surface area contributed by atoms with E-state index in [2.05, 4.69) is 28.0 Å². The van der Waals surface area contributed by atoms with E-state index in [0.29, 0.717) is 56.2 Å². The van der Waals surface area contributed by atoms with Gasteiger partial charge < -0.3 is 19.6 Å². The number of piperidine rings is 1. The SMILES string of the molecule is C=CCN(CC=C)c1cnc(C(O)C(C)(C)N2CCC3(CC2)CC(C)N(C2=CC(=O)OC2)C3=O)cn1. The highest BCUT2D eigenvalue weighted by molar-refractivity contribution is 5.91. The highest BCUT2D eigenvalue weighted by Crippen LogP contribution is 2.47. The van der Waals surface area contributed by atoms with E-state index in [0.717, 1.165) is 6.42 Å². The maximum Gasteiger partial charge on any atom is 0.333 e. The van der Waals surface area contributed by atoms with Crippen LogP contribution in [0.1, 0.15) is 51.8 Å². The normalized spacial score (nSPS) is 22.9. The molecule has 36 heavy (non-hydrogen) atoms. The Morgan fingerprint density at radius 1 is 1.22 bits per heavy atom. The van der Waals surface area contributed by atoms with Crippen LogP contribution in [-0.2, 0) is 14.3 Å². The second-order valence-electron chi connectivity index (χ2n) is 10.6. The van der Waals surface area contributed by atoms with E-state index in [1.807, 2.05) is 25.7 Å². The number of hydrogen-bond acceptors (Lipinski definition) is 8. The van der Waals surface area contributed by atoms with E-state index >= 15 is 0 Å². The van der Waals surface area contributed by atoms with Crippen LogP contribution in [0.4, 0.5) is 5.82 Å². The van der Waals surface area contributed by atoms with Crippen molar-refractivity contribution in [3.8, 4) is 0 Å². The first kappa shape index (κ1) is 26.0. The number of carbonyl (C=O) groups is 2. The molecule has 0 aliphatic carbocycles. The van der Waals surface area contributed by atoms with E-state index < -0.39 is 17.1 Å². The largest absolute Gasteiger partial charge is 0.456 e. The van der Waals surface area contributed by atoms with E-state index in [1.165, 1.54) is 6.08 Å². The van der Waals surface area contributed by atoms with Crippen LogP contribution in [0.3, 0.4) is 0 Å². The molecular formula is C27H37N5O4. The molecule has 0 bridgehead atoms. The van der Waals surface area contributed by atoms with Crippen molar-refractivity contribution < 1.29 is 19.4 Å². The molecule has 2 fully saturated rings. The highest BCUT2D eigenvalue weighted by atomic mass is 16.5. The van der Waals surface area contributed by atoms with Gasteiger partial charge in [0.25, 0.3) is 0 Å². The number of likely N-dealkylation sites (tertiary alicyclic amines) is 2. The number of aliphatic hydroxyl groups excluding tert-OH is 1. The molecule has 1 aromatic heterocycles. The van der Waals surface area contributed by atoms with Crippen LogP contribution >= 0.6 is 0 Å². The third kappa shape index (κ3) is 4.69. The van der Waals surface area contributed by atoms with Gasteiger partial charge in [0.1, 0.15) is 18.5 Å². The summed E-state index contributed by atoms with van der Waals surface area (Å²) < 4.78 is 5.04. The second-order valence-corrected chi connectivity index (χ2v) is 10.6. The molecule has 2 saturated heterocycles. The predicted octanol–water partition coefficient (Wildman–Crippen LogP) is 2.61. The third-order valence-electron chi connectivity index (χ3n) is 7.92. The van der Waals surface area contributed by atoms with Crippen molar-refractivity contribution in [2.24, 2.45) is 5.41 Å². The van der Waals surface area contributed by atoms with Crippen molar-refractivity contribution in [3.63, 3.8) is 0 Å². The van der Waals surface area contributed by atoms with Crippen molar-refractivity contribution in [1.29, 1.82) is 0 Å². The molecule has 1 amide bonds. The number of hydrogen-bond donors (Lipinski definition) is 1. The van der Waals surface area contributed by atoms with Crippen molar-refractivity contribution in [2.75, 3.05) is 37.7 Å². The van der Waals surface area contributed by atoms with Gasteiger partial charge in [0.2, 0.25) is 5.91 Å². The monoisotopic (exact) mass is 495 g/mol. The van der Waals surface area contributed by atoms with E-state index in [1.54, 1.807) is 29.4 Å². The fourth-order valence-corrected chi connectivity index (χ4v) is 5.79. The highest BCUT2D eigenvalue weighted by Gasteiger charge is 2.54. The smallest absolute Gasteiger partial charge is 0.333 e. The molecule has 0 saturated carbocycles. The Morgan fingerprint density at radius 2 is 1.89 bits per heavy atom. The van der Waals surface area contributed by atoms with Crippen LogP contribution in [0.15, 0.2) is 49.5 Å². The minimum Gasteiger partial charge on any atom is -0.456 e. The topological polar surface area (TPSA) is 99.1 Å². The molecule has 3 aliphatic rings. The van der Waals surface area contributed by atoms with E-state index in [9.17, 15) is 14.7 Å². The lowest BCUT2D eigenvalue weighted by molar-refractivity contribution is -0.140. The molecule has 9 nitrogen and oxygen atoms in total. The first-order chi connectivity index (χ1) is 17.1. The summed E-state index contributed by atoms with van der Waals surface area (Å²) in [6.07, 6.45) is 9.65. The average Bonchev–Trinajstić information content (AvgIpc) is 3.38. The summed E-state index contributed by atoms with van der Waals surface area (Å²) in [6, 6.07) is 0.0268. The Bertz CT molecular complexity index is 1030. The summed E-state index contributed by atoms with van der Waals surface area (Å²) >= 11 is 0. The number of anilines is 1. The number of carbonyl (C=O) groups excluding carboxylic acids is 2. The third-order valence-corrected chi connectivity index (χ3v) is 7.92. The maximum atomic E-state index is 13.5. The minimum atomic E-state index is -0.845. The van der Waals surface area contributed by atoms with Crippen molar-refractivity contribution in [2.45, 2.75) is 57.7 Å². The Kier molecular flexibility index (Phi) is 7.33. The first-order valence-corrected chi connectivity index (χ1v) is 12.6. The van der Waals surface area contributed by atoms with E-state index in [-0.39, 0.29) is 24.5 Å². The molecule has 2 unspecified atom stereocenters. The van der Waals surface area contributed by atoms with Gasteiger partial charge in [0.05, 0.1) is 29.2 Å². The van der Waals surface area contributed by atoms with Crippen LogP contribution in [-0.4, -0.2) is 81.1 Å². The molecular weight excluding hydrogens is 458 g/mol. The van der Waals surface area contributed by atoms with Gasteiger partial charge in [-0.05, 0) is 53.1 Å².